The fourth-order valence-corrected chi connectivity index (χ4v) is 2.29. The fourth-order valence-electron chi connectivity index (χ4n) is 2.29. The number of hydrogen-bond donors (Lipinski definition) is 1. The largest absolute Gasteiger partial charge is 0.374 e. The molecule has 0 spiro atoms. The number of carbonyl (C=O) groups is 1. The summed E-state index contributed by atoms with van der Waals surface area (Å²) in [4.78, 5) is 20.0. The summed E-state index contributed by atoms with van der Waals surface area (Å²) in [6.45, 7) is 6.68. The van der Waals surface area contributed by atoms with Gasteiger partial charge in [0.15, 0.2) is 0 Å². The molecule has 21 heavy (non-hydrogen) atoms. The molecular weight excluding hydrogens is 268 g/mol. The lowest BCUT2D eigenvalue weighted by atomic mass is 10.2. The minimum Gasteiger partial charge on any atom is -0.374 e. The molecule has 0 radical (unpaired) electrons. The molecule has 0 saturated carbocycles. The summed E-state index contributed by atoms with van der Waals surface area (Å²) < 4.78 is 5.73. The van der Waals surface area contributed by atoms with E-state index in [9.17, 15) is 4.79 Å². The van der Waals surface area contributed by atoms with Crippen LogP contribution in [-0.4, -0.2) is 73.7 Å². The molecule has 1 fully saturated rings. The van der Waals surface area contributed by atoms with Crippen LogP contribution in [-0.2, 0) is 4.74 Å². The van der Waals surface area contributed by atoms with Crippen LogP contribution in [0.1, 0.15) is 17.3 Å². The summed E-state index contributed by atoms with van der Waals surface area (Å²) in [5, 5.41) is 3.27. The van der Waals surface area contributed by atoms with Crippen LogP contribution in [0.2, 0.25) is 0 Å². The Kier molecular flexibility index (Phi) is 5.52. The van der Waals surface area contributed by atoms with E-state index in [1.54, 1.807) is 31.3 Å². The van der Waals surface area contributed by atoms with Crippen LogP contribution in [0.4, 0.5) is 5.82 Å². The summed E-state index contributed by atoms with van der Waals surface area (Å²) in [6.07, 6.45) is 1.79. The first-order valence-corrected chi connectivity index (χ1v) is 7.35. The topological polar surface area (TPSA) is 57.7 Å². The molecule has 1 saturated heterocycles. The lowest BCUT2D eigenvalue weighted by molar-refractivity contribution is -0.0192. The zero-order chi connectivity index (χ0) is 15.2. The molecule has 6 nitrogen and oxygen atoms in total. The minimum atomic E-state index is -0.0387. The molecule has 0 bridgehead atoms. The van der Waals surface area contributed by atoms with Gasteiger partial charge in [0, 0.05) is 39.9 Å². The van der Waals surface area contributed by atoms with Gasteiger partial charge in [-0.1, -0.05) is 6.92 Å². The number of anilines is 1. The second-order valence-corrected chi connectivity index (χ2v) is 5.40. The van der Waals surface area contributed by atoms with Crippen LogP contribution in [0.5, 0.6) is 0 Å². The Morgan fingerprint density at radius 1 is 1.52 bits per heavy atom. The van der Waals surface area contributed by atoms with Crippen LogP contribution >= 0.6 is 0 Å². The highest BCUT2D eigenvalue weighted by molar-refractivity contribution is 5.93. The molecule has 1 amide bonds. The highest BCUT2D eigenvalue weighted by atomic mass is 16.5. The summed E-state index contributed by atoms with van der Waals surface area (Å²) in [6, 6.07) is 3.62. The summed E-state index contributed by atoms with van der Waals surface area (Å²) in [7, 11) is 3.46. The lowest BCUT2D eigenvalue weighted by Gasteiger charge is -2.32. The quantitative estimate of drug-likeness (QED) is 0.874. The molecule has 116 valence electrons. The van der Waals surface area contributed by atoms with Gasteiger partial charge in [0.2, 0.25) is 0 Å². The Morgan fingerprint density at radius 3 is 2.95 bits per heavy atom. The zero-order valence-corrected chi connectivity index (χ0v) is 13.0. The summed E-state index contributed by atoms with van der Waals surface area (Å²) in [5.41, 5.74) is 0.594. The van der Waals surface area contributed by atoms with Crippen molar-refractivity contribution in [3.63, 3.8) is 0 Å². The van der Waals surface area contributed by atoms with Gasteiger partial charge in [-0.15, -0.1) is 0 Å². The Hall–Kier alpha value is -1.66. The van der Waals surface area contributed by atoms with Crippen LogP contribution in [0.25, 0.3) is 0 Å². The smallest absolute Gasteiger partial charge is 0.254 e. The third-order valence-electron chi connectivity index (χ3n) is 3.60. The third kappa shape index (κ3) is 4.41. The van der Waals surface area contributed by atoms with E-state index < -0.39 is 0 Å². The van der Waals surface area contributed by atoms with Crippen molar-refractivity contribution in [2.75, 3.05) is 52.2 Å². The number of likely N-dealkylation sites (N-methyl/N-ethyl adjacent to an activating group) is 1. The predicted octanol–water partition coefficient (Wildman–Crippen LogP) is 0.916. The van der Waals surface area contributed by atoms with Crippen molar-refractivity contribution >= 4 is 11.7 Å². The van der Waals surface area contributed by atoms with Gasteiger partial charge in [0.1, 0.15) is 5.82 Å². The number of nitrogens with zero attached hydrogens (tertiary/aromatic N) is 3. The molecule has 1 unspecified atom stereocenters. The molecule has 1 aromatic heterocycles. The zero-order valence-electron chi connectivity index (χ0n) is 13.0. The number of amides is 1. The van der Waals surface area contributed by atoms with Crippen LogP contribution in [0.15, 0.2) is 18.3 Å². The first-order valence-electron chi connectivity index (χ1n) is 7.35. The van der Waals surface area contributed by atoms with Crippen LogP contribution in [0.3, 0.4) is 0 Å². The maximum absolute atomic E-state index is 11.8. The third-order valence-corrected chi connectivity index (χ3v) is 3.60. The fraction of sp³-hybridized carbons (Fsp3) is 0.600. The number of hydrogen-bond acceptors (Lipinski definition) is 5. The molecule has 0 aliphatic carbocycles. The molecule has 1 N–H and O–H groups in total. The molecule has 1 aliphatic heterocycles. The van der Waals surface area contributed by atoms with Gasteiger partial charge in [0.05, 0.1) is 18.3 Å². The standard InChI is InChI=1S/C15H24N4O2/c1-4-19-7-8-21-13(11-19)10-17-14-6-5-12(9-16-14)15(20)18(2)3/h5-6,9,13H,4,7-8,10-11H2,1-3H3,(H,16,17). The SMILES string of the molecule is CCN1CCOC(CNc2ccc(C(=O)N(C)C)cn2)C1. The molecular formula is C15H24N4O2. The van der Waals surface area contributed by atoms with Gasteiger partial charge in [-0.25, -0.2) is 4.98 Å². The van der Waals surface area contributed by atoms with E-state index in [1.807, 2.05) is 6.07 Å². The molecule has 1 aromatic rings. The van der Waals surface area contributed by atoms with Crippen molar-refractivity contribution in [3.8, 4) is 0 Å². The van der Waals surface area contributed by atoms with Gasteiger partial charge in [-0.2, -0.15) is 0 Å². The molecule has 2 rings (SSSR count). The number of rotatable bonds is 5. The minimum absolute atomic E-state index is 0.0387. The van der Waals surface area contributed by atoms with E-state index >= 15 is 0 Å². The summed E-state index contributed by atoms with van der Waals surface area (Å²) in [5.74, 6) is 0.728. The molecule has 2 heterocycles. The monoisotopic (exact) mass is 292 g/mol. The van der Waals surface area contributed by atoms with Crippen LogP contribution in [0, 0.1) is 0 Å². The van der Waals surface area contributed by atoms with E-state index in [0.29, 0.717) is 5.56 Å². The van der Waals surface area contributed by atoms with Crippen molar-refractivity contribution in [3.05, 3.63) is 23.9 Å². The van der Waals surface area contributed by atoms with Gasteiger partial charge in [-0.05, 0) is 18.7 Å². The van der Waals surface area contributed by atoms with E-state index in [1.165, 1.54) is 0 Å². The van der Waals surface area contributed by atoms with E-state index in [4.69, 9.17) is 4.74 Å². The van der Waals surface area contributed by atoms with Gasteiger partial charge >= 0.3 is 0 Å². The Morgan fingerprint density at radius 2 is 2.33 bits per heavy atom. The predicted molar refractivity (Wildman–Crippen MR) is 82.6 cm³/mol. The number of nitrogens with one attached hydrogen (secondary N) is 1. The van der Waals surface area contributed by atoms with Crippen molar-refractivity contribution in [1.29, 1.82) is 0 Å². The normalized spacial score (nSPS) is 19.3. The first kappa shape index (κ1) is 15.7. The molecule has 0 aromatic carbocycles. The van der Waals surface area contributed by atoms with E-state index in [-0.39, 0.29) is 12.0 Å². The molecule has 1 aliphatic rings. The van der Waals surface area contributed by atoms with E-state index in [2.05, 4.69) is 22.1 Å². The van der Waals surface area contributed by atoms with Crippen molar-refractivity contribution in [2.45, 2.75) is 13.0 Å². The molecule has 6 heteroatoms. The number of morpholine rings is 1. The number of carbonyl (C=O) groups excluding carboxylic acids is 1. The van der Waals surface area contributed by atoms with E-state index in [0.717, 1.165) is 38.6 Å². The second kappa shape index (κ2) is 7.38. The Bertz CT molecular complexity index is 461. The Balaban J connectivity index is 1.85. The maximum Gasteiger partial charge on any atom is 0.254 e. The highest BCUT2D eigenvalue weighted by Gasteiger charge is 2.19. The second-order valence-electron chi connectivity index (χ2n) is 5.40. The number of pyridine rings is 1. The first-order chi connectivity index (χ1) is 10.1. The molecule has 1 atom stereocenters. The van der Waals surface area contributed by atoms with Crippen molar-refractivity contribution in [1.82, 2.24) is 14.8 Å². The van der Waals surface area contributed by atoms with Crippen molar-refractivity contribution in [2.24, 2.45) is 0 Å². The number of ether oxygens (including phenoxy) is 1. The lowest BCUT2D eigenvalue weighted by Crippen LogP contribution is -2.45. The van der Waals surface area contributed by atoms with Crippen LogP contribution < -0.4 is 5.32 Å². The average Bonchev–Trinajstić information content (AvgIpc) is 2.53. The highest BCUT2D eigenvalue weighted by Crippen LogP contribution is 2.09. The summed E-state index contributed by atoms with van der Waals surface area (Å²) >= 11 is 0. The van der Waals surface area contributed by atoms with Crippen molar-refractivity contribution < 1.29 is 9.53 Å². The van der Waals surface area contributed by atoms with Gasteiger partial charge < -0.3 is 15.0 Å². The van der Waals surface area contributed by atoms with Gasteiger partial charge in [0.25, 0.3) is 5.91 Å². The average molecular weight is 292 g/mol. The maximum atomic E-state index is 11.8. The van der Waals surface area contributed by atoms with Gasteiger partial charge in [-0.3, -0.25) is 9.69 Å². The Labute approximate surface area is 126 Å². The number of aromatic nitrogens is 1.